The molecule has 0 unspecified atom stereocenters. The van der Waals surface area contributed by atoms with Gasteiger partial charge in [0.2, 0.25) is 5.91 Å². The van der Waals surface area contributed by atoms with Crippen molar-refractivity contribution >= 4 is 18.0 Å². The van der Waals surface area contributed by atoms with Gasteiger partial charge in [-0.1, -0.05) is 53.7 Å². The number of carboxylic acid groups (broad SMARTS) is 1. The van der Waals surface area contributed by atoms with Crippen LogP contribution in [-0.4, -0.2) is 56.8 Å². The molecule has 10 heteroatoms. The summed E-state index contributed by atoms with van der Waals surface area (Å²) in [7, 11) is 0. The third kappa shape index (κ3) is 4.75. The number of carboxylic acids is 1. The van der Waals surface area contributed by atoms with Crippen LogP contribution >= 0.6 is 0 Å². The van der Waals surface area contributed by atoms with Crippen LogP contribution in [0.3, 0.4) is 0 Å². The second-order valence-corrected chi connectivity index (χ2v) is 8.50. The van der Waals surface area contributed by atoms with E-state index in [0.717, 1.165) is 22.3 Å². The zero-order valence-corrected chi connectivity index (χ0v) is 18.8. The van der Waals surface area contributed by atoms with Crippen molar-refractivity contribution in [2.24, 2.45) is 0 Å². The van der Waals surface area contributed by atoms with Crippen molar-refractivity contribution in [1.29, 1.82) is 0 Å². The van der Waals surface area contributed by atoms with Crippen LogP contribution in [0.4, 0.5) is 4.79 Å². The van der Waals surface area contributed by atoms with Crippen molar-refractivity contribution in [1.82, 2.24) is 25.6 Å². The van der Waals surface area contributed by atoms with E-state index in [-0.39, 0.29) is 31.3 Å². The van der Waals surface area contributed by atoms with Crippen LogP contribution in [0.25, 0.3) is 11.1 Å². The summed E-state index contributed by atoms with van der Waals surface area (Å²) in [5, 5.41) is 21.4. The molecule has 0 saturated carbocycles. The molecule has 34 heavy (non-hydrogen) atoms. The van der Waals surface area contributed by atoms with Gasteiger partial charge in [0, 0.05) is 12.5 Å². The van der Waals surface area contributed by atoms with Crippen molar-refractivity contribution in [2.45, 2.75) is 31.8 Å². The fourth-order valence-corrected chi connectivity index (χ4v) is 3.96. The number of benzene rings is 2. The number of ether oxygens (including phenoxy) is 1. The van der Waals surface area contributed by atoms with E-state index in [0.29, 0.717) is 0 Å². The number of rotatable bonds is 8. The highest BCUT2D eigenvalue weighted by Gasteiger charge is 2.32. The molecule has 2 amide bonds. The van der Waals surface area contributed by atoms with Gasteiger partial charge in [0.25, 0.3) is 0 Å². The molecule has 1 aliphatic carbocycles. The molecule has 3 N–H and O–H groups in total. The maximum atomic E-state index is 12.6. The Balaban J connectivity index is 1.30. The summed E-state index contributed by atoms with van der Waals surface area (Å²) in [5.41, 5.74) is 3.07. The Bertz CT molecular complexity index is 1190. The second kappa shape index (κ2) is 9.34. The molecule has 2 aromatic carbocycles. The van der Waals surface area contributed by atoms with Crippen LogP contribution in [0.5, 0.6) is 0 Å². The minimum absolute atomic E-state index is 0.0755. The monoisotopic (exact) mass is 463 g/mol. The number of nitrogens with one attached hydrogen (secondary N) is 2. The Hall–Kier alpha value is -4.21. The van der Waals surface area contributed by atoms with Gasteiger partial charge in [0.1, 0.15) is 12.1 Å². The maximum Gasteiger partial charge on any atom is 0.408 e. The molecule has 0 bridgehead atoms. The molecule has 0 saturated heterocycles. The van der Waals surface area contributed by atoms with Crippen molar-refractivity contribution in [3.05, 3.63) is 71.5 Å². The van der Waals surface area contributed by atoms with Gasteiger partial charge in [-0.25, -0.2) is 14.3 Å². The van der Waals surface area contributed by atoms with Gasteiger partial charge in [-0.2, -0.15) is 0 Å². The van der Waals surface area contributed by atoms with E-state index in [1.807, 2.05) is 36.4 Å². The number of amides is 2. The number of nitrogens with zero attached hydrogens (tertiary/aromatic N) is 3. The Kier molecular flexibility index (Phi) is 6.31. The first kappa shape index (κ1) is 23.0. The predicted molar refractivity (Wildman–Crippen MR) is 122 cm³/mol. The topological polar surface area (TPSA) is 135 Å². The van der Waals surface area contributed by atoms with Crippen LogP contribution < -0.4 is 10.6 Å². The molecule has 4 rings (SSSR count). The summed E-state index contributed by atoms with van der Waals surface area (Å²) in [6.07, 6.45) is 0.582. The van der Waals surface area contributed by atoms with E-state index in [4.69, 9.17) is 9.84 Å². The first-order valence-electron chi connectivity index (χ1n) is 10.8. The quantitative estimate of drug-likeness (QED) is 0.467. The van der Waals surface area contributed by atoms with Crippen LogP contribution in [0.2, 0.25) is 0 Å². The van der Waals surface area contributed by atoms with E-state index in [1.165, 1.54) is 10.9 Å². The molecule has 3 aromatic rings. The standard InChI is InChI=1S/C24H25N5O5/c1-24(2,22(32)25-11-12-29-13-20(21(30)31)27-28-29)26-23(33)34-14-19-17-9-5-3-7-15(17)16-8-4-6-10-18(16)19/h3-10,13,19H,11-12,14H2,1-2H3,(H,25,32)(H,26,33)(H,30,31). The van der Waals surface area contributed by atoms with Crippen LogP contribution in [0.15, 0.2) is 54.7 Å². The lowest BCUT2D eigenvalue weighted by atomic mass is 9.98. The predicted octanol–water partition coefficient (Wildman–Crippen LogP) is 2.41. The molecule has 1 heterocycles. The van der Waals surface area contributed by atoms with Gasteiger partial charge in [0.15, 0.2) is 5.69 Å². The van der Waals surface area contributed by atoms with Gasteiger partial charge in [-0.3, -0.25) is 4.79 Å². The zero-order chi connectivity index (χ0) is 24.3. The SMILES string of the molecule is CC(C)(NC(=O)OCC1c2ccccc2-c2ccccc21)C(=O)NCCn1cc(C(=O)O)nn1. The summed E-state index contributed by atoms with van der Waals surface area (Å²) in [4.78, 5) is 35.9. The molecule has 0 spiro atoms. The van der Waals surface area contributed by atoms with Crippen molar-refractivity contribution in [2.75, 3.05) is 13.2 Å². The Labute approximate surface area is 195 Å². The molecule has 0 fully saturated rings. The van der Waals surface area contributed by atoms with Gasteiger partial charge in [-0.15, -0.1) is 5.10 Å². The minimum atomic E-state index is -1.23. The molecular weight excluding hydrogens is 438 g/mol. The normalized spacial score (nSPS) is 12.5. The highest BCUT2D eigenvalue weighted by Crippen LogP contribution is 2.44. The molecule has 176 valence electrons. The summed E-state index contributed by atoms with van der Waals surface area (Å²) in [5.74, 6) is -1.67. The first-order valence-corrected chi connectivity index (χ1v) is 10.8. The fourth-order valence-electron chi connectivity index (χ4n) is 3.96. The lowest BCUT2D eigenvalue weighted by molar-refractivity contribution is -0.126. The molecule has 0 radical (unpaired) electrons. The van der Waals surface area contributed by atoms with Crippen molar-refractivity contribution in [3.8, 4) is 11.1 Å². The number of hydrogen-bond donors (Lipinski definition) is 3. The Morgan fingerprint density at radius 2 is 1.68 bits per heavy atom. The highest BCUT2D eigenvalue weighted by molar-refractivity contribution is 5.89. The fraction of sp³-hybridized carbons (Fsp3) is 0.292. The summed E-state index contributed by atoms with van der Waals surface area (Å²) < 4.78 is 6.83. The van der Waals surface area contributed by atoms with E-state index in [9.17, 15) is 14.4 Å². The largest absolute Gasteiger partial charge is 0.476 e. The number of carbonyl (C=O) groups excluding carboxylic acids is 2. The van der Waals surface area contributed by atoms with Crippen molar-refractivity contribution in [3.63, 3.8) is 0 Å². The molecule has 0 aliphatic heterocycles. The minimum Gasteiger partial charge on any atom is -0.476 e. The number of aromatic nitrogens is 3. The van der Waals surface area contributed by atoms with Gasteiger partial charge < -0.3 is 20.5 Å². The number of hydrogen-bond acceptors (Lipinski definition) is 6. The van der Waals surface area contributed by atoms with Crippen LogP contribution in [-0.2, 0) is 16.1 Å². The molecule has 1 aliphatic rings. The van der Waals surface area contributed by atoms with Crippen LogP contribution in [0, 0.1) is 0 Å². The second-order valence-electron chi connectivity index (χ2n) is 8.50. The molecular formula is C24H25N5O5. The molecule has 0 atom stereocenters. The average molecular weight is 463 g/mol. The van der Waals surface area contributed by atoms with E-state index in [1.54, 1.807) is 13.8 Å². The van der Waals surface area contributed by atoms with Crippen molar-refractivity contribution < 1.29 is 24.2 Å². The van der Waals surface area contributed by atoms with Crippen LogP contribution in [0.1, 0.15) is 41.4 Å². The third-order valence-electron chi connectivity index (χ3n) is 5.71. The van der Waals surface area contributed by atoms with E-state index >= 15 is 0 Å². The summed E-state index contributed by atoms with van der Waals surface area (Å²) in [6.45, 7) is 3.70. The van der Waals surface area contributed by atoms with Gasteiger partial charge >= 0.3 is 12.1 Å². The number of aromatic carboxylic acids is 1. The highest BCUT2D eigenvalue weighted by atomic mass is 16.5. The van der Waals surface area contributed by atoms with Gasteiger partial charge in [-0.05, 0) is 36.1 Å². The molecule has 10 nitrogen and oxygen atoms in total. The van der Waals surface area contributed by atoms with E-state index in [2.05, 4.69) is 33.1 Å². The van der Waals surface area contributed by atoms with E-state index < -0.39 is 23.5 Å². The smallest absolute Gasteiger partial charge is 0.408 e. The number of fused-ring (bicyclic) bond motifs is 3. The third-order valence-corrected chi connectivity index (χ3v) is 5.71. The average Bonchev–Trinajstić information content (AvgIpc) is 3.40. The van der Waals surface area contributed by atoms with Gasteiger partial charge in [0.05, 0.1) is 12.7 Å². The summed E-state index contributed by atoms with van der Waals surface area (Å²) >= 11 is 0. The number of alkyl carbamates (subject to hydrolysis) is 1. The maximum absolute atomic E-state index is 12.6. The Morgan fingerprint density at radius 3 is 2.26 bits per heavy atom. The Morgan fingerprint density at radius 1 is 1.06 bits per heavy atom. The lowest BCUT2D eigenvalue weighted by Crippen LogP contribution is -2.55. The summed E-state index contributed by atoms with van der Waals surface area (Å²) in [6, 6.07) is 16.1. The molecule has 1 aromatic heterocycles. The first-order chi connectivity index (χ1) is 16.3. The lowest BCUT2D eigenvalue weighted by Gasteiger charge is -2.25. The zero-order valence-electron chi connectivity index (χ0n) is 18.8. The number of carbonyl (C=O) groups is 3.